The Kier molecular flexibility index (Phi) is 4.32. The molecule has 0 fully saturated rings. The summed E-state index contributed by atoms with van der Waals surface area (Å²) in [6.45, 7) is 1.60. The van der Waals surface area contributed by atoms with Crippen molar-refractivity contribution >= 4 is 33.2 Å². The molecule has 21 heavy (non-hydrogen) atoms. The summed E-state index contributed by atoms with van der Waals surface area (Å²) in [5.74, 6) is -1.18. The van der Waals surface area contributed by atoms with Crippen molar-refractivity contribution in [3.05, 3.63) is 67.9 Å². The topological polar surface area (TPSA) is 72.2 Å². The molecule has 0 spiro atoms. The van der Waals surface area contributed by atoms with Crippen molar-refractivity contribution in [3.8, 4) is 0 Å². The summed E-state index contributed by atoms with van der Waals surface area (Å²) in [7, 11) is 0. The Morgan fingerprint density at radius 3 is 2.71 bits per heavy atom. The molecule has 0 aromatic heterocycles. The molecule has 0 bridgehead atoms. The molecule has 7 heteroatoms. The molecule has 2 aromatic rings. The molecule has 0 aliphatic heterocycles. The van der Waals surface area contributed by atoms with E-state index < -0.39 is 16.6 Å². The molecule has 5 nitrogen and oxygen atoms in total. The second-order valence-electron chi connectivity index (χ2n) is 4.30. The molecule has 1 amide bonds. The average molecular weight is 353 g/mol. The normalized spacial score (nSPS) is 10.2. The summed E-state index contributed by atoms with van der Waals surface area (Å²) in [4.78, 5) is 22.7. The molecular formula is C14H10BrFN2O3. The van der Waals surface area contributed by atoms with Gasteiger partial charge in [-0.25, -0.2) is 4.39 Å². The van der Waals surface area contributed by atoms with E-state index in [4.69, 9.17) is 0 Å². The second kappa shape index (κ2) is 6.01. The van der Waals surface area contributed by atoms with Gasteiger partial charge in [0.05, 0.1) is 10.6 Å². The highest BCUT2D eigenvalue weighted by atomic mass is 79.9. The first kappa shape index (κ1) is 15.1. The molecule has 0 atom stereocenters. The predicted molar refractivity (Wildman–Crippen MR) is 79.9 cm³/mol. The Bertz CT molecular complexity index is 734. The fraction of sp³-hybridized carbons (Fsp3) is 0.0714. The van der Waals surface area contributed by atoms with Crippen LogP contribution in [0.1, 0.15) is 15.9 Å². The largest absolute Gasteiger partial charge is 0.321 e. The minimum absolute atomic E-state index is 0.0429. The zero-order valence-corrected chi connectivity index (χ0v) is 12.5. The number of hydrogen-bond acceptors (Lipinski definition) is 3. The van der Waals surface area contributed by atoms with E-state index in [1.807, 2.05) is 0 Å². The Balaban J connectivity index is 2.42. The predicted octanol–water partition coefficient (Wildman–Crippen LogP) is 4.06. The van der Waals surface area contributed by atoms with Gasteiger partial charge < -0.3 is 5.32 Å². The number of nitro groups is 1. The van der Waals surface area contributed by atoms with Gasteiger partial charge >= 0.3 is 0 Å². The summed E-state index contributed by atoms with van der Waals surface area (Å²) >= 11 is 3.18. The quantitative estimate of drug-likeness (QED) is 0.668. The number of carbonyl (C=O) groups excluding carboxylic acids is 1. The monoisotopic (exact) mass is 352 g/mol. The zero-order chi connectivity index (χ0) is 15.6. The summed E-state index contributed by atoms with van der Waals surface area (Å²) < 4.78 is 13.7. The van der Waals surface area contributed by atoms with Crippen LogP contribution in [0, 0.1) is 22.9 Å². The van der Waals surface area contributed by atoms with E-state index in [0.29, 0.717) is 10.0 Å². The third-order valence-corrected chi connectivity index (χ3v) is 3.54. The van der Waals surface area contributed by atoms with Gasteiger partial charge in [-0.1, -0.05) is 12.1 Å². The number of anilines is 1. The highest BCUT2D eigenvalue weighted by molar-refractivity contribution is 9.10. The summed E-state index contributed by atoms with van der Waals surface area (Å²) in [5.41, 5.74) is 0.338. The maximum absolute atomic E-state index is 13.2. The minimum Gasteiger partial charge on any atom is -0.321 e. The lowest BCUT2D eigenvalue weighted by Gasteiger charge is -2.09. The van der Waals surface area contributed by atoms with Crippen molar-refractivity contribution in [3.63, 3.8) is 0 Å². The summed E-state index contributed by atoms with van der Waals surface area (Å²) in [6.07, 6.45) is 0. The summed E-state index contributed by atoms with van der Waals surface area (Å²) in [6, 6.07) is 8.16. The maximum atomic E-state index is 13.2. The van der Waals surface area contributed by atoms with Gasteiger partial charge in [0.15, 0.2) is 0 Å². The molecule has 1 N–H and O–H groups in total. The number of nitrogens with one attached hydrogen (secondary N) is 1. The van der Waals surface area contributed by atoms with Gasteiger partial charge in [-0.15, -0.1) is 0 Å². The lowest BCUT2D eigenvalue weighted by atomic mass is 10.1. The summed E-state index contributed by atoms with van der Waals surface area (Å²) in [5, 5.41) is 13.5. The zero-order valence-electron chi connectivity index (χ0n) is 10.9. The van der Waals surface area contributed by atoms with E-state index in [2.05, 4.69) is 21.2 Å². The highest BCUT2D eigenvalue weighted by Crippen LogP contribution is 2.27. The molecular weight excluding hydrogens is 343 g/mol. The van der Waals surface area contributed by atoms with Gasteiger partial charge in [-0.2, -0.15) is 0 Å². The number of hydrogen-bond donors (Lipinski definition) is 1. The van der Waals surface area contributed by atoms with Crippen molar-refractivity contribution in [2.45, 2.75) is 6.92 Å². The number of amides is 1. The van der Waals surface area contributed by atoms with Crippen molar-refractivity contribution in [2.24, 2.45) is 0 Å². The lowest BCUT2D eigenvalue weighted by Crippen LogP contribution is -2.16. The fourth-order valence-electron chi connectivity index (χ4n) is 1.88. The Morgan fingerprint density at radius 2 is 2.05 bits per heavy atom. The average Bonchev–Trinajstić information content (AvgIpc) is 2.42. The Morgan fingerprint density at radius 1 is 1.33 bits per heavy atom. The molecule has 2 aromatic carbocycles. The molecule has 108 valence electrons. The van der Waals surface area contributed by atoms with Gasteiger partial charge in [0, 0.05) is 10.5 Å². The lowest BCUT2D eigenvalue weighted by molar-refractivity contribution is -0.385. The van der Waals surface area contributed by atoms with Gasteiger partial charge in [0.25, 0.3) is 11.6 Å². The number of rotatable bonds is 3. The van der Waals surface area contributed by atoms with Crippen LogP contribution in [-0.2, 0) is 0 Å². The number of aryl methyl sites for hydroxylation is 1. The van der Waals surface area contributed by atoms with E-state index in [1.54, 1.807) is 13.0 Å². The first-order valence-electron chi connectivity index (χ1n) is 5.90. The van der Waals surface area contributed by atoms with Crippen LogP contribution in [0.5, 0.6) is 0 Å². The second-order valence-corrected chi connectivity index (χ2v) is 5.16. The van der Waals surface area contributed by atoms with Crippen LogP contribution in [-0.4, -0.2) is 10.8 Å². The standard InChI is InChI=1S/C14H10BrFN2O3/c1-8-3-2-4-12(18(20)21)13(8)14(19)17-11-7-9(16)5-6-10(11)15/h2-7H,1H3,(H,17,19). The molecule has 0 saturated heterocycles. The van der Waals surface area contributed by atoms with Crippen LogP contribution in [0.4, 0.5) is 15.8 Å². The van der Waals surface area contributed by atoms with Crippen molar-refractivity contribution in [1.82, 2.24) is 0 Å². The van der Waals surface area contributed by atoms with E-state index in [9.17, 15) is 19.3 Å². The third kappa shape index (κ3) is 3.25. The molecule has 2 rings (SSSR count). The van der Waals surface area contributed by atoms with Crippen LogP contribution in [0.15, 0.2) is 40.9 Å². The number of halogens is 2. The number of carbonyl (C=O) groups is 1. The van der Waals surface area contributed by atoms with Crippen LogP contribution < -0.4 is 5.32 Å². The van der Waals surface area contributed by atoms with Gasteiger partial charge in [-0.05, 0) is 46.6 Å². The van der Waals surface area contributed by atoms with Crippen LogP contribution in [0.25, 0.3) is 0 Å². The van der Waals surface area contributed by atoms with Crippen molar-refractivity contribution in [1.29, 1.82) is 0 Å². The van der Waals surface area contributed by atoms with Gasteiger partial charge in [0.2, 0.25) is 0 Å². The Hall–Kier alpha value is -2.28. The highest BCUT2D eigenvalue weighted by Gasteiger charge is 2.22. The van der Waals surface area contributed by atoms with E-state index in [1.165, 1.54) is 24.3 Å². The SMILES string of the molecule is Cc1cccc([N+](=O)[O-])c1C(=O)Nc1cc(F)ccc1Br. The first-order chi connectivity index (χ1) is 9.90. The van der Waals surface area contributed by atoms with E-state index in [0.717, 1.165) is 6.07 Å². The number of nitro benzene ring substituents is 1. The van der Waals surface area contributed by atoms with Gasteiger partial charge in [-0.3, -0.25) is 14.9 Å². The molecule has 0 aliphatic rings. The number of benzene rings is 2. The van der Waals surface area contributed by atoms with Crippen LogP contribution >= 0.6 is 15.9 Å². The van der Waals surface area contributed by atoms with Gasteiger partial charge in [0.1, 0.15) is 11.4 Å². The minimum atomic E-state index is -0.661. The fourth-order valence-corrected chi connectivity index (χ4v) is 2.22. The third-order valence-electron chi connectivity index (χ3n) is 2.85. The maximum Gasteiger partial charge on any atom is 0.282 e. The van der Waals surface area contributed by atoms with Crippen LogP contribution in [0.2, 0.25) is 0 Å². The van der Waals surface area contributed by atoms with E-state index in [-0.39, 0.29) is 16.9 Å². The molecule has 0 unspecified atom stereocenters. The smallest absolute Gasteiger partial charge is 0.282 e. The van der Waals surface area contributed by atoms with E-state index >= 15 is 0 Å². The molecule has 0 aliphatic carbocycles. The van der Waals surface area contributed by atoms with Crippen LogP contribution in [0.3, 0.4) is 0 Å². The molecule has 0 radical (unpaired) electrons. The Labute approximate surface area is 128 Å². The number of nitrogens with zero attached hydrogens (tertiary/aromatic N) is 1. The van der Waals surface area contributed by atoms with Crippen molar-refractivity contribution < 1.29 is 14.1 Å². The molecule has 0 saturated carbocycles. The molecule has 0 heterocycles. The van der Waals surface area contributed by atoms with Crippen molar-refractivity contribution in [2.75, 3.05) is 5.32 Å². The first-order valence-corrected chi connectivity index (χ1v) is 6.70.